The van der Waals surface area contributed by atoms with Crippen LogP contribution in [0.4, 0.5) is 10.2 Å². The molecule has 1 aromatic rings. The Labute approximate surface area is 103 Å². The average Bonchev–Trinajstić information content (AvgIpc) is 2.32. The van der Waals surface area contributed by atoms with Gasteiger partial charge in [0.05, 0.1) is 6.20 Å². The molecule has 1 aromatic heterocycles. The van der Waals surface area contributed by atoms with E-state index >= 15 is 0 Å². The van der Waals surface area contributed by atoms with Gasteiger partial charge in [-0.25, -0.2) is 9.37 Å². The number of piperidine rings is 1. The molecule has 5 nitrogen and oxygen atoms in total. The third kappa shape index (κ3) is 2.46. The molecule has 1 aliphatic heterocycles. The maximum Gasteiger partial charge on any atom is 0.240 e. The zero-order chi connectivity index (χ0) is 12.4. The van der Waals surface area contributed by atoms with Crippen LogP contribution in [0.1, 0.15) is 19.3 Å². The molecule has 0 aliphatic carbocycles. The van der Waals surface area contributed by atoms with Crippen LogP contribution in [0, 0.1) is 5.82 Å². The Balaban J connectivity index is 2.35. The SMILES string of the molecule is NC(=O)C1CCCCN1c1nc(Cl)ncc1F. The fourth-order valence-electron chi connectivity index (χ4n) is 2.02. The first-order chi connectivity index (χ1) is 8.09. The molecule has 2 heterocycles. The zero-order valence-electron chi connectivity index (χ0n) is 9.07. The van der Waals surface area contributed by atoms with Gasteiger partial charge in [0.2, 0.25) is 11.2 Å². The molecule has 0 radical (unpaired) electrons. The van der Waals surface area contributed by atoms with Crippen LogP contribution >= 0.6 is 11.6 Å². The van der Waals surface area contributed by atoms with Crippen molar-refractivity contribution in [2.45, 2.75) is 25.3 Å². The fraction of sp³-hybridized carbons (Fsp3) is 0.500. The van der Waals surface area contributed by atoms with Gasteiger partial charge in [-0.15, -0.1) is 0 Å². The number of hydrogen-bond acceptors (Lipinski definition) is 4. The van der Waals surface area contributed by atoms with Crippen molar-refractivity contribution in [1.29, 1.82) is 0 Å². The Morgan fingerprint density at radius 1 is 1.59 bits per heavy atom. The number of hydrogen-bond donors (Lipinski definition) is 1. The van der Waals surface area contributed by atoms with Crippen LogP contribution in [0.3, 0.4) is 0 Å². The molecule has 0 aromatic carbocycles. The maximum atomic E-state index is 13.6. The van der Waals surface area contributed by atoms with Crippen LogP contribution in [-0.2, 0) is 4.79 Å². The minimum absolute atomic E-state index is 0.0461. The minimum Gasteiger partial charge on any atom is -0.368 e. The Morgan fingerprint density at radius 3 is 3.06 bits per heavy atom. The molecule has 1 aliphatic rings. The van der Waals surface area contributed by atoms with E-state index in [4.69, 9.17) is 17.3 Å². The highest BCUT2D eigenvalue weighted by Crippen LogP contribution is 2.25. The summed E-state index contributed by atoms with van der Waals surface area (Å²) in [5.41, 5.74) is 5.30. The van der Waals surface area contributed by atoms with E-state index in [0.717, 1.165) is 19.0 Å². The molecule has 17 heavy (non-hydrogen) atoms. The molecule has 1 atom stereocenters. The first-order valence-corrected chi connectivity index (χ1v) is 5.71. The second kappa shape index (κ2) is 4.83. The number of rotatable bonds is 2. The first kappa shape index (κ1) is 12.0. The second-order valence-electron chi connectivity index (χ2n) is 3.92. The average molecular weight is 259 g/mol. The van der Waals surface area contributed by atoms with Crippen LogP contribution in [0.2, 0.25) is 5.28 Å². The molecule has 1 fully saturated rings. The van der Waals surface area contributed by atoms with Crippen molar-refractivity contribution in [3.05, 3.63) is 17.3 Å². The van der Waals surface area contributed by atoms with E-state index in [9.17, 15) is 9.18 Å². The highest BCUT2D eigenvalue weighted by molar-refractivity contribution is 6.28. The smallest absolute Gasteiger partial charge is 0.240 e. The monoisotopic (exact) mass is 258 g/mol. The topological polar surface area (TPSA) is 72.1 Å². The quantitative estimate of drug-likeness (QED) is 0.807. The van der Waals surface area contributed by atoms with Crippen molar-refractivity contribution < 1.29 is 9.18 Å². The van der Waals surface area contributed by atoms with Crippen molar-refractivity contribution in [1.82, 2.24) is 9.97 Å². The van der Waals surface area contributed by atoms with Gasteiger partial charge in [0, 0.05) is 6.54 Å². The third-order valence-corrected chi connectivity index (χ3v) is 2.98. The number of nitrogens with zero attached hydrogens (tertiary/aromatic N) is 3. The Kier molecular flexibility index (Phi) is 3.42. The van der Waals surface area contributed by atoms with E-state index in [2.05, 4.69) is 9.97 Å². The summed E-state index contributed by atoms with van der Waals surface area (Å²) in [6, 6.07) is -0.524. The first-order valence-electron chi connectivity index (χ1n) is 5.33. The van der Waals surface area contributed by atoms with Crippen LogP contribution in [-0.4, -0.2) is 28.5 Å². The molecule has 1 unspecified atom stereocenters. The lowest BCUT2D eigenvalue weighted by Crippen LogP contribution is -2.48. The van der Waals surface area contributed by atoms with Gasteiger partial charge in [-0.05, 0) is 30.9 Å². The fourth-order valence-corrected chi connectivity index (χ4v) is 2.15. The normalized spacial score (nSPS) is 20.4. The van der Waals surface area contributed by atoms with Gasteiger partial charge < -0.3 is 10.6 Å². The van der Waals surface area contributed by atoms with Crippen molar-refractivity contribution in [3.63, 3.8) is 0 Å². The van der Waals surface area contributed by atoms with Gasteiger partial charge in [-0.3, -0.25) is 4.79 Å². The van der Waals surface area contributed by atoms with Crippen LogP contribution < -0.4 is 10.6 Å². The Bertz CT molecular complexity index is 442. The third-order valence-electron chi connectivity index (χ3n) is 2.80. The molecule has 2 rings (SSSR count). The van der Waals surface area contributed by atoms with Gasteiger partial charge in [-0.2, -0.15) is 4.98 Å². The van der Waals surface area contributed by atoms with Gasteiger partial charge in [0.1, 0.15) is 6.04 Å². The molecule has 0 saturated carbocycles. The number of halogens is 2. The number of anilines is 1. The summed E-state index contributed by atoms with van der Waals surface area (Å²) in [7, 11) is 0. The minimum atomic E-state index is -0.595. The lowest BCUT2D eigenvalue weighted by molar-refractivity contribution is -0.119. The van der Waals surface area contributed by atoms with E-state index in [1.807, 2.05) is 0 Å². The summed E-state index contributed by atoms with van der Waals surface area (Å²) in [4.78, 5) is 20.2. The van der Waals surface area contributed by atoms with Crippen molar-refractivity contribution >= 4 is 23.3 Å². The highest BCUT2D eigenvalue weighted by atomic mass is 35.5. The van der Waals surface area contributed by atoms with E-state index in [-0.39, 0.29) is 11.1 Å². The summed E-state index contributed by atoms with van der Waals surface area (Å²) in [5, 5.41) is -0.0461. The summed E-state index contributed by atoms with van der Waals surface area (Å²) in [6.07, 6.45) is 3.36. The largest absolute Gasteiger partial charge is 0.368 e. The predicted molar refractivity (Wildman–Crippen MR) is 61.2 cm³/mol. The summed E-state index contributed by atoms with van der Waals surface area (Å²) >= 11 is 5.63. The number of nitrogens with two attached hydrogens (primary N) is 1. The van der Waals surface area contributed by atoms with Gasteiger partial charge in [0.25, 0.3) is 0 Å². The second-order valence-corrected chi connectivity index (χ2v) is 4.26. The lowest BCUT2D eigenvalue weighted by atomic mass is 10.0. The van der Waals surface area contributed by atoms with E-state index < -0.39 is 17.8 Å². The van der Waals surface area contributed by atoms with Gasteiger partial charge in [-0.1, -0.05) is 0 Å². The van der Waals surface area contributed by atoms with Crippen LogP contribution in [0.15, 0.2) is 6.20 Å². The zero-order valence-corrected chi connectivity index (χ0v) is 9.82. The van der Waals surface area contributed by atoms with Crippen molar-refractivity contribution in [2.75, 3.05) is 11.4 Å². The van der Waals surface area contributed by atoms with Gasteiger partial charge >= 0.3 is 0 Å². The van der Waals surface area contributed by atoms with E-state index in [1.54, 1.807) is 4.90 Å². The molecule has 2 N–H and O–H groups in total. The van der Waals surface area contributed by atoms with E-state index in [1.165, 1.54) is 0 Å². The number of carbonyl (C=O) groups excluding carboxylic acids is 1. The number of primary amides is 1. The van der Waals surface area contributed by atoms with E-state index in [0.29, 0.717) is 13.0 Å². The van der Waals surface area contributed by atoms with Crippen molar-refractivity contribution in [3.8, 4) is 0 Å². The van der Waals surface area contributed by atoms with Crippen molar-refractivity contribution in [2.24, 2.45) is 5.73 Å². The summed E-state index contributed by atoms with van der Waals surface area (Å²) in [5.74, 6) is -1.02. The Hall–Kier alpha value is -1.43. The number of carbonyl (C=O) groups is 1. The van der Waals surface area contributed by atoms with Crippen LogP contribution in [0.25, 0.3) is 0 Å². The number of amides is 1. The molecular weight excluding hydrogens is 247 g/mol. The molecule has 7 heteroatoms. The summed E-state index contributed by atoms with van der Waals surface area (Å²) < 4.78 is 13.6. The molecule has 0 spiro atoms. The van der Waals surface area contributed by atoms with Gasteiger partial charge in [0.15, 0.2) is 11.6 Å². The molecular formula is C10H12ClFN4O. The summed E-state index contributed by atoms with van der Waals surface area (Å²) in [6.45, 7) is 0.540. The molecule has 1 amide bonds. The molecule has 92 valence electrons. The van der Waals surface area contributed by atoms with Crippen LogP contribution in [0.5, 0.6) is 0 Å². The lowest BCUT2D eigenvalue weighted by Gasteiger charge is -2.34. The highest BCUT2D eigenvalue weighted by Gasteiger charge is 2.30. The number of aromatic nitrogens is 2. The Morgan fingerprint density at radius 2 is 2.35 bits per heavy atom. The molecule has 1 saturated heterocycles. The standard InChI is InChI=1S/C10H12ClFN4O/c11-10-14-5-6(12)9(15-10)16-4-2-1-3-7(16)8(13)17/h5,7H,1-4H2,(H2,13,17). The molecule has 0 bridgehead atoms. The predicted octanol–water partition coefficient (Wildman–Crippen LogP) is 1.11. The maximum absolute atomic E-state index is 13.6.